The third-order valence-electron chi connectivity index (χ3n) is 3.28. The second-order valence-corrected chi connectivity index (χ2v) is 4.61. The van der Waals surface area contributed by atoms with Gasteiger partial charge in [0.15, 0.2) is 0 Å². The van der Waals surface area contributed by atoms with Crippen molar-refractivity contribution < 1.29 is 9.59 Å². The number of nitrogens with one attached hydrogen (secondary N) is 1. The van der Waals surface area contributed by atoms with Gasteiger partial charge in [-0.2, -0.15) is 0 Å². The van der Waals surface area contributed by atoms with Gasteiger partial charge in [-0.3, -0.25) is 9.59 Å². The molecule has 0 aromatic carbocycles. The Labute approximate surface area is 90.6 Å². The molecule has 86 valence electrons. The molecule has 0 radical (unpaired) electrons. The zero-order valence-electron chi connectivity index (χ0n) is 9.67. The molecule has 1 aliphatic carbocycles. The summed E-state index contributed by atoms with van der Waals surface area (Å²) >= 11 is 0. The lowest BCUT2D eigenvalue weighted by Gasteiger charge is -2.34. The Morgan fingerprint density at radius 2 is 2.00 bits per heavy atom. The summed E-state index contributed by atoms with van der Waals surface area (Å²) in [5.74, 6) is -0.338. The fraction of sp³-hybridized carbons (Fsp3) is 0.818. The van der Waals surface area contributed by atoms with Crippen LogP contribution in [0.1, 0.15) is 40.0 Å². The summed E-state index contributed by atoms with van der Waals surface area (Å²) in [6.07, 6.45) is 2.41. The van der Waals surface area contributed by atoms with E-state index in [1.165, 1.54) is 0 Å². The molecule has 0 spiro atoms. The minimum Gasteiger partial charge on any atom is -0.368 e. The van der Waals surface area contributed by atoms with Gasteiger partial charge in [0, 0.05) is 5.92 Å². The molecule has 1 fully saturated rings. The molecule has 1 rings (SSSR count). The predicted molar refractivity (Wildman–Crippen MR) is 57.9 cm³/mol. The molecular weight excluding hydrogens is 192 g/mol. The first-order valence-corrected chi connectivity index (χ1v) is 5.56. The SMILES string of the molecule is CC[C@@](NC(=O)C1CC1)(C(N)=O)C(C)C. The lowest BCUT2D eigenvalue weighted by Crippen LogP contribution is -2.60. The van der Waals surface area contributed by atoms with Crippen molar-refractivity contribution in [2.45, 2.75) is 45.6 Å². The second-order valence-electron chi connectivity index (χ2n) is 4.61. The van der Waals surface area contributed by atoms with Crippen LogP contribution in [0.4, 0.5) is 0 Å². The number of carbonyl (C=O) groups excluding carboxylic acids is 2. The summed E-state index contributed by atoms with van der Waals surface area (Å²) < 4.78 is 0. The van der Waals surface area contributed by atoms with Crippen molar-refractivity contribution in [2.75, 3.05) is 0 Å². The van der Waals surface area contributed by atoms with Gasteiger partial charge in [-0.15, -0.1) is 0 Å². The zero-order chi connectivity index (χ0) is 11.6. The molecule has 0 bridgehead atoms. The van der Waals surface area contributed by atoms with Crippen LogP contribution in [0.25, 0.3) is 0 Å². The molecular formula is C11H20N2O2. The molecule has 4 heteroatoms. The third kappa shape index (κ3) is 2.30. The van der Waals surface area contributed by atoms with Crippen molar-refractivity contribution in [3.63, 3.8) is 0 Å². The quantitative estimate of drug-likeness (QED) is 0.707. The predicted octanol–water partition coefficient (Wildman–Crippen LogP) is 0.803. The van der Waals surface area contributed by atoms with Crippen LogP contribution >= 0.6 is 0 Å². The first-order chi connectivity index (χ1) is 6.94. The highest BCUT2D eigenvalue weighted by atomic mass is 16.2. The van der Waals surface area contributed by atoms with E-state index in [0.29, 0.717) is 6.42 Å². The van der Waals surface area contributed by atoms with Crippen molar-refractivity contribution in [1.82, 2.24) is 5.32 Å². The van der Waals surface area contributed by atoms with Gasteiger partial charge in [0.1, 0.15) is 5.54 Å². The standard InChI is InChI=1S/C11H20N2O2/c1-4-11(7(2)3,10(12)15)13-9(14)8-5-6-8/h7-8H,4-6H2,1-3H3,(H2,12,15)(H,13,14)/t11-/m0/s1. The number of nitrogens with two attached hydrogens (primary N) is 1. The molecule has 1 aliphatic rings. The highest BCUT2D eigenvalue weighted by Crippen LogP contribution is 2.31. The maximum absolute atomic E-state index is 11.7. The van der Waals surface area contributed by atoms with E-state index in [0.717, 1.165) is 12.8 Å². The monoisotopic (exact) mass is 212 g/mol. The Morgan fingerprint density at radius 3 is 2.27 bits per heavy atom. The van der Waals surface area contributed by atoms with Gasteiger partial charge in [-0.25, -0.2) is 0 Å². The lowest BCUT2D eigenvalue weighted by molar-refractivity contribution is -0.134. The molecule has 15 heavy (non-hydrogen) atoms. The Bertz CT molecular complexity index is 272. The normalized spacial score (nSPS) is 19.7. The molecule has 2 amide bonds. The number of hydrogen-bond donors (Lipinski definition) is 2. The average Bonchev–Trinajstić information content (AvgIpc) is 2.95. The summed E-state index contributed by atoms with van der Waals surface area (Å²) in [7, 11) is 0. The number of primary amides is 1. The van der Waals surface area contributed by atoms with E-state index in [9.17, 15) is 9.59 Å². The van der Waals surface area contributed by atoms with Crippen LogP contribution in [0, 0.1) is 11.8 Å². The van der Waals surface area contributed by atoms with E-state index in [2.05, 4.69) is 5.32 Å². The molecule has 0 aromatic rings. The van der Waals surface area contributed by atoms with E-state index < -0.39 is 11.4 Å². The first kappa shape index (κ1) is 12.0. The highest BCUT2D eigenvalue weighted by Gasteiger charge is 2.42. The number of carbonyl (C=O) groups is 2. The first-order valence-electron chi connectivity index (χ1n) is 5.56. The summed E-state index contributed by atoms with van der Waals surface area (Å²) in [5.41, 5.74) is 4.52. The Hall–Kier alpha value is -1.06. The molecule has 0 unspecified atom stereocenters. The van der Waals surface area contributed by atoms with Crippen molar-refractivity contribution in [3.8, 4) is 0 Å². The smallest absolute Gasteiger partial charge is 0.243 e. The molecule has 1 saturated carbocycles. The van der Waals surface area contributed by atoms with E-state index in [1.807, 2.05) is 20.8 Å². The fourth-order valence-corrected chi connectivity index (χ4v) is 1.83. The van der Waals surface area contributed by atoms with Crippen LogP contribution in [0.3, 0.4) is 0 Å². The highest BCUT2D eigenvalue weighted by molar-refractivity contribution is 5.92. The average molecular weight is 212 g/mol. The third-order valence-corrected chi connectivity index (χ3v) is 3.28. The van der Waals surface area contributed by atoms with Crippen LogP contribution in [0.15, 0.2) is 0 Å². The van der Waals surface area contributed by atoms with Crippen LogP contribution in [-0.2, 0) is 9.59 Å². The molecule has 4 nitrogen and oxygen atoms in total. The van der Waals surface area contributed by atoms with Gasteiger partial charge >= 0.3 is 0 Å². The van der Waals surface area contributed by atoms with Crippen molar-refractivity contribution in [2.24, 2.45) is 17.6 Å². The Kier molecular flexibility index (Phi) is 3.37. The number of rotatable bonds is 5. The van der Waals surface area contributed by atoms with Crippen LogP contribution < -0.4 is 11.1 Å². The van der Waals surface area contributed by atoms with Crippen molar-refractivity contribution >= 4 is 11.8 Å². The van der Waals surface area contributed by atoms with Gasteiger partial charge in [0.2, 0.25) is 11.8 Å². The van der Waals surface area contributed by atoms with Gasteiger partial charge in [0.05, 0.1) is 0 Å². The molecule has 0 aliphatic heterocycles. The van der Waals surface area contributed by atoms with E-state index >= 15 is 0 Å². The second kappa shape index (κ2) is 4.21. The van der Waals surface area contributed by atoms with Gasteiger partial charge in [-0.05, 0) is 25.2 Å². The molecule has 3 N–H and O–H groups in total. The van der Waals surface area contributed by atoms with Gasteiger partial charge < -0.3 is 11.1 Å². The summed E-state index contributed by atoms with van der Waals surface area (Å²) in [6, 6.07) is 0. The van der Waals surface area contributed by atoms with Crippen LogP contribution in [0.2, 0.25) is 0 Å². The van der Waals surface area contributed by atoms with Gasteiger partial charge in [0.25, 0.3) is 0 Å². The minimum atomic E-state index is -0.875. The maximum atomic E-state index is 11.7. The van der Waals surface area contributed by atoms with E-state index in [4.69, 9.17) is 5.73 Å². The fourth-order valence-electron chi connectivity index (χ4n) is 1.83. The topological polar surface area (TPSA) is 72.2 Å². The lowest BCUT2D eigenvalue weighted by atomic mass is 9.83. The molecule has 0 heterocycles. The van der Waals surface area contributed by atoms with E-state index in [-0.39, 0.29) is 17.7 Å². The summed E-state index contributed by atoms with van der Waals surface area (Å²) in [6.45, 7) is 5.68. The Morgan fingerprint density at radius 1 is 1.47 bits per heavy atom. The number of amides is 2. The maximum Gasteiger partial charge on any atom is 0.243 e. The largest absolute Gasteiger partial charge is 0.368 e. The van der Waals surface area contributed by atoms with E-state index in [1.54, 1.807) is 0 Å². The van der Waals surface area contributed by atoms with Crippen molar-refractivity contribution in [3.05, 3.63) is 0 Å². The summed E-state index contributed by atoms with van der Waals surface area (Å²) in [4.78, 5) is 23.1. The number of hydrogen-bond acceptors (Lipinski definition) is 2. The van der Waals surface area contributed by atoms with Crippen LogP contribution in [0.5, 0.6) is 0 Å². The van der Waals surface area contributed by atoms with Gasteiger partial charge in [-0.1, -0.05) is 20.8 Å². The molecule has 1 atom stereocenters. The Balaban J connectivity index is 2.78. The molecule has 0 saturated heterocycles. The minimum absolute atomic E-state index is 0.0164. The summed E-state index contributed by atoms with van der Waals surface area (Å²) in [5, 5.41) is 2.83. The van der Waals surface area contributed by atoms with Crippen molar-refractivity contribution in [1.29, 1.82) is 0 Å². The van der Waals surface area contributed by atoms with Crippen LogP contribution in [-0.4, -0.2) is 17.4 Å². The molecule has 0 aromatic heterocycles. The zero-order valence-corrected chi connectivity index (χ0v) is 9.67.